The van der Waals surface area contributed by atoms with E-state index in [-0.39, 0.29) is 0 Å². The van der Waals surface area contributed by atoms with Crippen molar-refractivity contribution in [3.63, 3.8) is 0 Å². The molecule has 1 N–H and O–H groups in total. The van der Waals surface area contributed by atoms with Crippen molar-refractivity contribution in [2.45, 2.75) is 19.3 Å². The van der Waals surface area contributed by atoms with Gasteiger partial charge in [0, 0.05) is 18.3 Å². The fourth-order valence-corrected chi connectivity index (χ4v) is 2.49. The van der Waals surface area contributed by atoms with Gasteiger partial charge in [-0.2, -0.15) is 0 Å². The Morgan fingerprint density at radius 3 is 2.53 bits per heavy atom. The summed E-state index contributed by atoms with van der Waals surface area (Å²) < 4.78 is 10.5. The maximum absolute atomic E-state index is 5.29. The topological polar surface area (TPSA) is 33.7 Å². The van der Waals surface area contributed by atoms with E-state index in [4.69, 9.17) is 9.47 Å². The molecule has 0 atom stereocenters. The van der Waals surface area contributed by atoms with Gasteiger partial charge in [0.1, 0.15) is 0 Å². The van der Waals surface area contributed by atoms with Gasteiger partial charge in [-0.1, -0.05) is 0 Å². The number of rotatable bonds is 7. The molecule has 1 heterocycles. The number of hydrogen-bond donors (Lipinski definition) is 1. The molecule has 4 nitrogen and oxygen atoms in total. The molecule has 1 fully saturated rings. The minimum absolute atomic E-state index is 0.769. The van der Waals surface area contributed by atoms with Gasteiger partial charge in [-0.3, -0.25) is 0 Å². The second-order valence-electron chi connectivity index (χ2n) is 4.90. The molecular weight excluding hydrogens is 240 g/mol. The van der Waals surface area contributed by atoms with Crippen LogP contribution in [0, 0.1) is 0 Å². The molecule has 0 amide bonds. The van der Waals surface area contributed by atoms with Crippen molar-refractivity contribution in [3.8, 4) is 11.5 Å². The molecule has 0 aliphatic carbocycles. The first-order chi connectivity index (χ1) is 9.33. The molecule has 106 valence electrons. The Balaban J connectivity index is 1.75. The van der Waals surface area contributed by atoms with Crippen molar-refractivity contribution < 1.29 is 9.47 Å². The Kier molecular flexibility index (Phi) is 5.33. The third-order valence-electron chi connectivity index (χ3n) is 3.56. The summed E-state index contributed by atoms with van der Waals surface area (Å²) in [6, 6.07) is 5.94. The summed E-state index contributed by atoms with van der Waals surface area (Å²) in [5.74, 6) is 1.54. The van der Waals surface area contributed by atoms with Crippen LogP contribution in [-0.4, -0.2) is 45.3 Å². The molecule has 0 aromatic heterocycles. The predicted octanol–water partition coefficient (Wildman–Crippen LogP) is 2.60. The first kappa shape index (κ1) is 14.0. The molecular formula is C15H24N2O2. The monoisotopic (exact) mass is 264 g/mol. The van der Waals surface area contributed by atoms with Crippen molar-refractivity contribution in [1.29, 1.82) is 0 Å². The fourth-order valence-electron chi connectivity index (χ4n) is 2.49. The maximum atomic E-state index is 5.29. The van der Waals surface area contributed by atoms with Crippen LogP contribution >= 0.6 is 0 Å². The summed E-state index contributed by atoms with van der Waals surface area (Å²) in [7, 11) is 3.32. The number of anilines is 1. The Morgan fingerprint density at radius 2 is 1.84 bits per heavy atom. The van der Waals surface area contributed by atoms with Gasteiger partial charge in [0.15, 0.2) is 11.5 Å². The van der Waals surface area contributed by atoms with Gasteiger partial charge in [0.25, 0.3) is 0 Å². The average molecular weight is 264 g/mol. The van der Waals surface area contributed by atoms with Crippen LogP contribution in [0.25, 0.3) is 0 Å². The fraction of sp³-hybridized carbons (Fsp3) is 0.600. The number of methoxy groups -OCH3 is 2. The molecule has 19 heavy (non-hydrogen) atoms. The van der Waals surface area contributed by atoms with E-state index in [1.807, 2.05) is 18.2 Å². The van der Waals surface area contributed by atoms with Crippen molar-refractivity contribution in [2.75, 3.05) is 45.7 Å². The van der Waals surface area contributed by atoms with Crippen LogP contribution in [0.5, 0.6) is 11.5 Å². The Hall–Kier alpha value is -1.42. The molecule has 0 spiro atoms. The van der Waals surface area contributed by atoms with Gasteiger partial charge in [-0.05, 0) is 51.0 Å². The molecule has 1 aromatic carbocycles. The molecule has 4 heteroatoms. The van der Waals surface area contributed by atoms with Gasteiger partial charge in [-0.25, -0.2) is 0 Å². The van der Waals surface area contributed by atoms with Crippen molar-refractivity contribution in [2.24, 2.45) is 0 Å². The van der Waals surface area contributed by atoms with E-state index in [1.54, 1.807) is 14.2 Å². The summed E-state index contributed by atoms with van der Waals surface area (Å²) in [4.78, 5) is 2.54. The van der Waals surface area contributed by atoms with Crippen LogP contribution in [0.3, 0.4) is 0 Å². The van der Waals surface area contributed by atoms with E-state index in [2.05, 4.69) is 10.2 Å². The number of nitrogens with one attached hydrogen (secondary N) is 1. The quantitative estimate of drug-likeness (QED) is 0.768. The van der Waals surface area contributed by atoms with Crippen LogP contribution in [-0.2, 0) is 0 Å². The lowest BCUT2D eigenvalue weighted by Crippen LogP contribution is -2.22. The standard InChI is InChI=1S/C15H24N2O2/c1-18-14-7-6-13(12-15(14)19-2)16-8-5-11-17-9-3-4-10-17/h6-7,12,16H,3-5,8-11H2,1-2H3. The molecule has 1 saturated heterocycles. The summed E-state index contributed by atoms with van der Waals surface area (Å²) in [5.41, 5.74) is 1.08. The molecule has 2 rings (SSSR count). The number of likely N-dealkylation sites (tertiary alicyclic amines) is 1. The second kappa shape index (κ2) is 7.24. The number of nitrogens with zero attached hydrogens (tertiary/aromatic N) is 1. The van der Waals surface area contributed by atoms with Gasteiger partial charge < -0.3 is 19.7 Å². The van der Waals surface area contributed by atoms with Crippen LogP contribution in [0.4, 0.5) is 5.69 Å². The zero-order valence-corrected chi connectivity index (χ0v) is 11.9. The summed E-state index contributed by atoms with van der Waals surface area (Å²) >= 11 is 0. The Labute approximate surface area is 115 Å². The summed E-state index contributed by atoms with van der Waals surface area (Å²) in [5, 5.41) is 3.43. The molecule has 0 radical (unpaired) electrons. The normalized spacial score (nSPS) is 15.5. The molecule has 1 aromatic rings. The predicted molar refractivity (Wildman–Crippen MR) is 78.3 cm³/mol. The lowest BCUT2D eigenvalue weighted by Gasteiger charge is -2.15. The second-order valence-corrected chi connectivity index (χ2v) is 4.90. The van der Waals surface area contributed by atoms with Gasteiger partial charge in [0.05, 0.1) is 14.2 Å². The highest BCUT2D eigenvalue weighted by atomic mass is 16.5. The van der Waals surface area contributed by atoms with Crippen LogP contribution < -0.4 is 14.8 Å². The number of ether oxygens (including phenoxy) is 2. The van der Waals surface area contributed by atoms with E-state index in [9.17, 15) is 0 Å². The Bertz CT molecular complexity index is 390. The van der Waals surface area contributed by atoms with Crippen molar-refractivity contribution in [1.82, 2.24) is 4.90 Å². The molecule has 1 aliphatic heterocycles. The molecule has 0 saturated carbocycles. The Morgan fingerprint density at radius 1 is 1.11 bits per heavy atom. The van der Waals surface area contributed by atoms with E-state index in [0.29, 0.717) is 0 Å². The van der Waals surface area contributed by atoms with Crippen LogP contribution in [0.2, 0.25) is 0 Å². The first-order valence-corrected chi connectivity index (χ1v) is 7.02. The lowest BCUT2D eigenvalue weighted by molar-refractivity contribution is 0.337. The average Bonchev–Trinajstić information content (AvgIpc) is 2.96. The van der Waals surface area contributed by atoms with E-state index in [1.165, 1.54) is 38.9 Å². The van der Waals surface area contributed by atoms with Crippen LogP contribution in [0.1, 0.15) is 19.3 Å². The molecule has 0 unspecified atom stereocenters. The number of benzene rings is 1. The minimum atomic E-state index is 0.769. The lowest BCUT2D eigenvalue weighted by atomic mass is 10.2. The van der Waals surface area contributed by atoms with E-state index < -0.39 is 0 Å². The van der Waals surface area contributed by atoms with E-state index >= 15 is 0 Å². The minimum Gasteiger partial charge on any atom is -0.493 e. The summed E-state index contributed by atoms with van der Waals surface area (Å²) in [6.45, 7) is 4.74. The number of hydrogen-bond acceptors (Lipinski definition) is 4. The largest absolute Gasteiger partial charge is 0.493 e. The first-order valence-electron chi connectivity index (χ1n) is 7.02. The smallest absolute Gasteiger partial charge is 0.162 e. The highest BCUT2D eigenvalue weighted by Crippen LogP contribution is 2.29. The van der Waals surface area contributed by atoms with E-state index in [0.717, 1.165) is 23.7 Å². The van der Waals surface area contributed by atoms with Gasteiger partial charge >= 0.3 is 0 Å². The third-order valence-corrected chi connectivity index (χ3v) is 3.56. The zero-order valence-electron chi connectivity index (χ0n) is 11.9. The third kappa shape index (κ3) is 4.03. The highest BCUT2D eigenvalue weighted by Gasteiger charge is 2.10. The zero-order chi connectivity index (χ0) is 13.5. The highest BCUT2D eigenvalue weighted by molar-refractivity contribution is 5.54. The maximum Gasteiger partial charge on any atom is 0.162 e. The molecule has 1 aliphatic rings. The van der Waals surface area contributed by atoms with Crippen molar-refractivity contribution >= 4 is 5.69 Å². The summed E-state index contributed by atoms with van der Waals surface area (Å²) in [6.07, 6.45) is 3.90. The van der Waals surface area contributed by atoms with Crippen molar-refractivity contribution in [3.05, 3.63) is 18.2 Å². The molecule has 0 bridgehead atoms. The van der Waals surface area contributed by atoms with Crippen LogP contribution in [0.15, 0.2) is 18.2 Å². The van der Waals surface area contributed by atoms with Gasteiger partial charge in [-0.15, -0.1) is 0 Å². The van der Waals surface area contributed by atoms with Gasteiger partial charge in [0.2, 0.25) is 0 Å². The SMILES string of the molecule is COc1ccc(NCCCN2CCCC2)cc1OC.